The largest absolute Gasteiger partial charge is 0.434 e. The lowest BCUT2D eigenvalue weighted by Crippen LogP contribution is -2.10. The molecule has 0 spiro atoms. The first-order chi connectivity index (χ1) is 9.02. The van der Waals surface area contributed by atoms with Crippen LogP contribution in [0.3, 0.4) is 0 Å². The van der Waals surface area contributed by atoms with Crippen LogP contribution in [0.4, 0.5) is 5.88 Å². The maximum absolute atomic E-state index is 11.2. The molecule has 0 saturated carbocycles. The van der Waals surface area contributed by atoms with Gasteiger partial charge in [0, 0.05) is 11.1 Å². The van der Waals surface area contributed by atoms with Crippen molar-refractivity contribution >= 4 is 11.8 Å². The van der Waals surface area contributed by atoms with Crippen molar-refractivity contribution < 1.29 is 14.1 Å². The van der Waals surface area contributed by atoms with Gasteiger partial charge >= 0.3 is 5.88 Å². The van der Waals surface area contributed by atoms with E-state index in [9.17, 15) is 14.9 Å². The third-order valence-electron chi connectivity index (χ3n) is 2.49. The second-order valence-electron chi connectivity index (χ2n) is 3.67. The van der Waals surface area contributed by atoms with Crippen LogP contribution < -0.4 is 5.73 Å². The summed E-state index contributed by atoms with van der Waals surface area (Å²) < 4.78 is 4.83. The van der Waals surface area contributed by atoms with Crippen LogP contribution in [-0.4, -0.2) is 10.8 Å². The summed E-state index contributed by atoms with van der Waals surface area (Å²) in [5, 5.41) is 10.7. The van der Waals surface area contributed by atoms with Gasteiger partial charge in [0.15, 0.2) is 0 Å². The maximum atomic E-state index is 11.2. The fourth-order valence-electron chi connectivity index (χ4n) is 1.61. The first-order valence-corrected chi connectivity index (χ1v) is 5.18. The fraction of sp³-hybridized carbons (Fsp3) is 0. The van der Waals surface area contributed by atoms with E-state index in [0.29, 0.717) is 11.1 Å². The Morgan fingerprint density at radius 2 is 2.00 bits per heavy atom. The highest BCUT2D eigenvalue weighted by Crippen LogP contribution is 2.30. The van der Waals surface area contributed by atoms with Crippen molar-refractivity contribution in [3.8, 4) is 23.5 Å². The fourth-order valence-corrected chi connectivity index (χ4v) is 1.61. The summed E-state index contributed by atoms with van der Waals surface area (Å²) in [6.07, 6.45) is 5.23. The molecule has 0 atom stereocenters. The van der Waals surface area contributed by atoms with Crippen LogP contribution in [0.1, 0.15) is 16.1 Å². The van der Waals surface area contributed by atoms with Gasteiger partial charge in [-0.1, -0.05) is 18.1 Å². The van der Waals surface area contributed by atoms with E-state index in [4.69, 9.17) is 16.6 Å². The van der Waals surface area contributed by atoms with E-state index in [1.54, 1.807) is 24.3 Å². The molecule has 1 amide bonds. The number of carbonyl (C=O) groups is 1. The molecule has 0 radical (unpaired) electrons. The summed E-state index contributed by atoms with van der Waals surface area (Å²) in [4.78, 5) is 21.2. The molecule has 0 bridgehead atoms. The van der Waals surface area contributed by atoms with Gasteiger partial charge in [0.25, 0.3) is 5.91 Å². The number of hydrogen-bond acceptors (Lipinski definition) is 4. The standard InChI is InChI=1S/C13H8N2O4/c1-2-8-3-5-9(6-4-8)10-7-11(15(17)18)19-12(10)13(14)16/h1,3-7H,(H2,14,16). The van der Waals surface area contributed by atoms with Gasteiger partial charge in [0.2, 0.25) is 5.76 Å². The number of rotatable bonds is 3. The minimum Gasteiger partial charge on any atom is -0.395 e. The molecule has 6 nitrogen and oxygen atoms in total. The third kappa shape index (κ3) is 2.30. The summed E-state index contributed by atoms with van der Waals surface area (Å²) in [7, 11) is 0. The number of furan rings is 1. The Bertz CT molecular complexity index is 692. The highest BCUT2D eigenvalue weighted by Gasteiger charge is 2.23. The van der Waals surface area contributed by atoms with Crippen LogP contribution in [-0.2, 0) is 0 Å². The predicted octanol–water partition coefficient (Wildman–Crippen LogP) is 1.94. The van der Waals surface area contributed by atoms with Crippen molar-refractivity contribution in [2.24, 2.45) is 5.73 Å². The highest BCUT2D eigenvalue weighted by atomic mass is 16.6. The Kier molecular flexibility index (Phi) is 3.04. The van der Waals surface area contributed by atoms with Gasteiger partial charge in [-0.2, -0.15) is 0 Å². The molecule has 94 valence electrons. The van der Waals surface area contributed by atoms with E-state index in [1.165, 1.54) is 0 Å². The summed E-state index contributed by atoms with van der Waals surface area (Å²) in [5.41, 5.74) is 6.62. The lowest BCUT2D eigenvalue weighted by Gasteiger charge is -1.99. The number of nitrogens with zero attached hydrogens (tertiary/aromatic N) is 1. The van der Waals surface area contributed by atoms with Gasteiger partial charge in [0.1, 0.15) is 4.92 Å². The third-order valence-corrected chi connectivity index (χ3v) is 2.49. The molecule has 0 fully saturated rings. The molecule has 19 heavy (non-hydrogen) atoms. The molecular formula is C13H8N2O4. The molecule has 1 aromatic carbocycles. The Morgan fingerprint density at radius 1 is 1.37 bits per heavy atom. The van der Waals surface area contributed by atoms with Crippen LogP contribution in [0.2, 0.25) is 0 Å². The van der Waals surface area contributed by atoms with Crippen molar-refractivity contribution in [3.05, 3.63) is 51.8 Å². The first kappa shape index (κ1) is 12.4. The van der Waals surface area contributed by atoms with E-state index in [-0.39, 0.29) is 11.3 Å². The molecule has 0 aliphatic carbocycles. The Balaban J connectivity index is 2.56. The minimum absolute atomic E-state index is 0.250. The predicted molar refractivity (Wildman–Crippen MR) is 67.3 cm³/mol. The molecule has 2 aromatic rings. The Hall–Kier alpha value is -3.07. The molecule has 2 N–H and O–H groups in total. The Labute approximate surface area is 108 Å². The summed E-state index contributed by atoms with van der Waals surface area (Å²) in [6, 6.07) is 7.73. The van der Waals surface area contributed by atoms with Gasteiger partial charge in [-0.15, -0.1) is 6.42 Å². The zero-order valence-electron chi connectivity index (χ0n) is 9.62. The monoisotopic (exact) mass is 256 g/mol. The molecule has 2 rings (SSSR count). The maximum Gasteiger partial charge on any atom is 0.434 e. The Morgan fingerprint density at radius 3 is 2.47 bits per heavy atom. The molecule has 1 aromatic heterocycles. The number of terminal acetylenes is 1. The zero-order valence-corrected chi connectivity index (χ0v) is 9.62. The van der Waals surface area contributed by atoms with Crippen LogP contribution in [0.25, 0.3) is 11.1 Å². The summed E-state index contributed by atoms with van der Waals surface area (Å²) in [5.74, 6) is 0.785. The number of hydrogen-bond donors (Lipinski definition) is 1. The first-order valence-electron chi connectivity index (χ1n) is 5.18. The van der Waals surface area contributed by atoms with Crippen molar-refractivity contribution in [2.45, 2.75) is 0 Å². The lowest BCUT2D eigenvalue weighted by atomic mass is 10.0. The van der Waals surface area contributed by atoms with E-state index >= 15 is 0 Å². The molecule has 1 heterocycles. The quantitative estimate of drug-likeness (QED) is 0.515. The van der Waals surface area contributed by atoms with E-state index in [2.05, 4.69) is 5.92 Å². The minimum atomic E-state index is -0.871. The number of primary amides is 1. The molecule has 0 unspecified atom stereocenters. The summed E-state index contributed by atoms with van der Waals surface area (Å²) in [6.45, 7) is 0. The van der Waals surface area contributed by atoms with Crippen LogP contribution in [0.5, 0.6) is 0 Å². The van der Waals surface area contributed by atoms with Gasteiger partial charge in [-0.05, 0) is 17.7 Å². The van der Waals surface area contributed by atoms with Gasteiger partial charge in [-0.25, -0.2) is 0 Å². The van der Waals surface area contributed by atoms with Gasteiger partial charge in [0.05, 0.1) is 6.07 Å². The zero-order chi connectivity index (χ0) is 14.0. The molecule has 0 saturated heterocycles. The van der Waals surface area contributed by atoms with Crippen molar-refractivity contribution in [1.82, 2.24) is 0 Å². The summed E-state index contributed by atoms with van der Waals surface area (Å²) >= 11 is 0. The number of benzene rings is 1. The highest BCUT2D eigenvalue weighted by molar-refractivity contribution is 5.97. The topological polar surface area (TPSA) is 99.4 Å². The van der Waals surface area contributed by atoms with Crippen LogP contribution in [0.15, 0.2) is 34.7 Å². The van der Waals surface area contributed by atoms with E-state index < -0.39 is 16.7 Å². The average Bonchev–Trinajstić information content (AvgIpc) is 2.84. The smallest absolute Gasteiger partial charge is 0.395 e. The van der Waals surface area contributed by atoms with Gasteiger partial charge < -0.3 is 10.2 Å². The van der Waals surface area contributed by atoms with E-state index in [0.717, 1.165) is 6.07 Å². The van der Waals surface area contributed by atoms with Crippen molar-refractivity contribution in [3.63, 3.8) is 0 Å². The van der Waals surface area contributed by atoms with Gasteiger partial charge in [-0.3, -0.25) is 14.9 Å². The molecule has 0 aliphatic rings. The van der Waals surface area contributed by atoms with Crippen LogP contribution >= 0.6 is 0 Å². The average molecular weight is 256 g/mol. The molecule has 6 heteroatoms. The molecular weight excluding hydrogens is 248 g/mol. The number of nitrogens with two attached hydrogens (primary N) is 1. The SMILES string of the molecule is C#Cc1ccc(-c2cc([N+](=O)[O-])oc2C(N)=O)cc1. The second-order valence-corrected chi connectivity index (χ2v) is 3.67. The number of nitro groups is 1. The van der Waals surface area contributed by atoms with E-state index in [1.807, 2.05) is 0 Å². The normalized spacial score (nSPS) is 9.84. The number of carbonyl (C=O) groups excluding carboxylic acids is 1. The number of amides is 1. The van der Waals surface area contributed by atoms with Crippen LogP contribution in [0, 0.1) is 22.5 Å². The van der Waals surface area contributed by atoms with Crippen molar-refractivity contribution in [1.29, 1.82) is 0 Å². The molecule has 0 aliphatic heterocycles. The second kappa shape index (κ2) is 4.66. The lowest BCUT2D eigenvalue weighted by molar-refractivity contribution is -0.402. The van der Waals surface area contributed by atoms with Crippen molar-refractivity contribution in [2.75, 3.05) is 0 Å².